The lowest BCUT2D eigenvalue weighted by Crippen LogP contribution is -2.25. The van der Waals surface area contributed by atoms with E-state index in [4.69, 9.17) is 4.74 Å². The highest BCUT2D eigenvalue weighted by Gasteiger charge is 2.08. The van der Waals surface area contributed by atoms with E-state index in [1.165, 1.54) is 0 Å². The van der Waals surface area contributed by atoms with Gasteiger partial charge in [-0.2, -0.15) is 0 Å². The van der Waals surface area contributed by atoms with Gasteiger partial charge in [-0.25, -0.2) is 0 Å². The molecule has 0 aliphatic rings. The molecule has 0 saturated heterocycles. The molecule has 0 radical (unpaired) electrons. The summed E-state index contributed by atoms with van der Waals surface area (Å²) in [6, 6.07) is 12.2. The molecular weight excluding hydrogens is 330 g/mol. The fraction of sp³-hybridized carbons (Fsp3) is 0.412. The number of hydrogen-bond acceptors (Lipinski definition) is 3. The summed E-state index contributed by atoms with van der Waals surface area (Å²) < 4.78 is 6.53. The van der Waals surface area contributed by atoms with Crippen LogP contribution in [0.5, 0.6) is 0 Å². The van der Waals surface area contributed by atoms with Crippen LogP contribution in [-0.4, -0.2) is 31.0 Å². The van der Waals surface area contributed by atoms with Gasteiger partial charge in [0.05, 0.1) is 12.7 Å². The summed E-state index contributed by atoms with van der Waals surface area (Å²) >= 11 is 3.56. The smallest absolute Gasteiger partial charge is 0.0945 e. The van der Waals surface area contributed by atoms with Crippen LogP contribution >= 0.6 is 15.9 Å². The molecule has 0 aliphatic carbocycles. The third kappa shape index (κ3) is 4.70. The van der Waals surface area contributed by atoms with Crippen LogP contribution in [0, 0.1) is 5.92 Å². The monoisotopic (exact) mass is 351 g/mol. The maximum absolute atomic E-state index is 9.95. The first-order chi connectivity index (χ1) is 10.1. The molecule has 3 nitrogen and oxygen atoms in total. The molecule has 114 valence electrons. The van der Waals surface area contributed by atoms with Gasteiger partial charge in [0.25, 0.3) is 0 Å². The lowest BCUT2D eigenvalue weighted by molar-refractivity contribution is 0.0318. The highest BCUT2D eigenvalue weighted by Crippen LogP contribution is 2.29. The molecule has 0 amide bonds. The number of ether oxygens (including phenoxy) is 1. The van der Waals surface area contributed by atoms with Gasteiger partial charge >= 0.3 is 0 Å². The van der Waals surface area contributed by atoms with E-state index in [2.05, 4.69) is 47.2 Å². The van der Waals surface area contributed by atoms with Crippen molar-refractivity contribution in [3.05, 3.63) is 40.9 Å². The van der Waals surface area contributed by atoms with Gasteiger partial charge in [-0.1, -0.05) is 54.0 Å². The molecule has 2 N–H and O–H groups in total. The highest BCUT2D eigenvalue weighted by atomic mass is 79.9. The van der Waals surface area contributed by atoms with Crippen LogP contribution in [0.3, 0.4) is 0 Å². The Morgan fingerprint density at radius 1 is 1.10 bits per heavy atom. The summed E-state index contributed by atoms with van der Waals surface area (Å²) in [5.74, 6) is 0.487. The summed E-state index contributed by atoms with van der Waals surface area (Å²) in [4.78, 5) is 0. The lowest BCUT2D eigenvalue weighted by Gasteiger charge is -2.16. The summed E-state index contributed by atoms with van der Waals surface area (Å²) in [7, 11) is 0. The van der Waals surface area contributed by atoms with Crippen LogP contribution in [0.4, 0.5) is 5.69 Å². The molecule has 0 bridgehead atoms. The summed E-state index contributed by atoms with van der Waals surface area (Å²) in [6.45, 7) is 5.71. The number of rotatable bonds is 7. The van der Waals surface area contributed by atoms with Crippen molar-refractivity contribution in [2.75, 3.05) is 25.1 Å². The molecule has 0 aromatic heterocycles. The zero-order valence-corrected chi connectivity index (χ0v) is 14.1. The summed E-state index contributed by atoms with van der Waals surface area (Å²) in [5.41, 5.74) is 1.02. The second-order valence-corrected chi connectivity index (χ2v) is 6.46. The minimum atomic E-state index is -0.508. The van der Waals surface area contributed by atoms with E-state index in [-0.39, 0.29) is 0 Å². The quantitative estimate of drug-likeness (QED) is 0.790. The molecule has 0 spiro atoms. The van der Waals surface area contributed by atoms with Gasteiger partial charge in [-0.15, -0.1) is 0 Å². The molecule has 0 saturated carbocycles. The SMILES string of the molecule is CC(C)COCC(O)CNc1ccc(Br)c2ccccc12. The second kappa shape index (κ2) is 7.78. The molecule has 2 aromatic rings. The van der Waals surface area contributed by atoms with Gasteiger partial charge in [-0.3, -0.25) is 0 Å². The summed E-state index contributed by atoms with van der Waals surface area (Å²) in [6.07, 6.45) is -0.508. The van der Waals surface area contributed by atoms with E-state index in [9.17, 15) is 5.11 Å². The maximum Gasteiger partial charge on any atom is 0.0945 e. The first kappa shape index (κ1) is 16.3. The Morgan fingerprint density at radius 2 is 1.81 bits per heavy atom. The number of hydrogen-bond donors (Lipinski definition) is 2. The fourth-order valence-corrected chi connectivity index (χ4v) is 2.62. The van der Waals surface area contributed by atoms with Gasteiger partial charge in [0.2, 0.25) is 0 Å². The Hall–Kier alpha value is -1.10. The van der Waals surface area contributed by atoms with Crippen molar-refractivity contribution in [3.63, 3.8) is 0 Å². The standard InChI is InChI=1S/C17H22BrNO2/c1-12(2)10-21-11-13(20)9-19-17-8-7-16(18)14-5-3-4-6-15(14)17/h3-8,12-13,19-20H,9-11H2,1-2H3. The molecule has 1 unspecified atom stereocenters. The number of benzene rings is 2. The van der Waals surface area contributed by atoms with E-state index >= 15 is 0 Å². The van der Waals surface area contributed by atoms with Gasteiger partial charge < -0.3 is 15.2 Å². The van der Waals surface area contributed by atoms with E-state index in [0.29, 0.717) is 25.7 Å². The van der Waals surface area contributed by atoms with Crippen LogP contribution in [0.15, 0.2) is 40.9 Å². The Labute approximate surface area is 134 Å². The number of nitrogens with one attached hydrogen (secondary N) is 1. The van der Waals surface area contributed by atoms with Crippen molar-refractivity contribution in [2.45, 2.75) is 20.0 Å². The number of aliphatic hydroxyl groups excluding tert-OH is 1. The van der Waals surface area contributed by atoms with Gasteiger partial charge in [0.15, 0.2) is 0 Å². The topological polar surface area (TPSA) is 41.5 Å². The van der Waals surface area contributed by atoms with Crippen LogP contribution in [0.2, 0.25) is 0 Å². The normalized spacial score (nSPS) is 12.8. The van der Waals surface area contributed by atoms with E-state index in [1.54, 1.807) is 0 Å². The van der Waals surface area contributed by atoms with Crippen molar-refractivity contribution >= 4 is 32.4 Å². The molecule has 21 heavy (non-hydrogen) atoms. The van der Waals surface area contributed by atoms with Crippen molar-refractivity contribution in [1.82, 2.24) is 0 Å². The zero-order chi connectivity index (χ0) is 15.2. The average Bonchev–Trinajstić information content (AvgIpc) is 2.46. The predicted molar refractivity (Wildman–Crippen MR) is 91.8 cm³/mol. The third-order valence-electron chi connectivity index (χ3n) is 3.16. The van der Waals surface area contributed by atoms with E-state index in [1.807, 2.05) is 24.3 Å². The number of halogens is 1. The first-order valence-electron chi connectivity index (χ1n) is 7.25. The Morgan fingerprint density at radius 3 is 2.52 bits per heavy atom. The predicted octanol–water partition coefficient (Wildman–Crippen LogP) is 4.05. The molecule has 2 aromatic carbocycles. The van der Waals surface area contributed by atoms with Gasteiger partial charge in [0.1, 0.15) is 0 Å². The molecular formula is C17H22BrNO2. The number of anilines is 1. The summed E-state index contributed by atoms with van der Waals surface area (Å²) in [5, 5.41) is 15.6. The molecule has 0 heterocycles. The average molecular weight is 352 g/mol. The molecule has 0 aliphatic heterocycles. The van der Waals surface area contributed by atoms with Crippen molar-refractivity contribution in [3.8, 4) is 0 Å². The van der Waals surface area contributed by atoms with Crippen LogP contribution in [0.25, 0.3) is 10.8 Å². The second-order valence-electron chi connectivity index (χ2n) is 5.61. The molecule has 1 atom stereocenters. The first-order valence-corrected chi connectivity index (χ1v) is 8.04. The van der Waals surface area contributed by atoms with Crippen molar-refractivity contribution in [1.29, 1.82) is 0 Å². The highest BCUT2D eigenvalue weighted by molar-refractivity contribution is 9.10. The maximum atomic E-state index is 9.95. The minimum Gasteiger partial charge on any atom is -0.389 e. The molecule has 0 fully saturated rings. The van der Waals surface area contributed by atoms with Gasteiger partial charge in [0, 0.05) is 28.7 Å². The Bertz CT molecular complexity index is 586. The van der Waals surface area contributed by atoms with Gasteiger partial charge in [-0.05, 0) is 23.4 Å². The van der Waals surface area contributed by atoms with Crippen LogP contribution < -0.4 is 5.32 Å². The van der Waals surface area contributed by atoms with Crippen molar-refractivity contribution < 1.29 is 9.84 Å². The van der Waals surface area contributed by atoms with Crippen molar-refractivity contribution in [2.24, 2.45) is 5.92 Å². The molecule has 2 rings (SSSR count). The minimum absolute atomic E-state index is 0.361. The Kier molecular flexibility index (Phi) is 6.03. The third-order valence-corrected chi connectivity index (χ3v) is 3.85. The fourth-order valence-electron chi connectivity index (χ4n) is 2.14. The zero-order valence-electron chi connectivity index (χ0n) is 12.5. The van der Waals surface area contributed by atoms with Crippen LogP contribution in [-0.2, 0) is 4.74 Å². The number of fused-ring (bicyclic) bond motifs is 1. The Balaban J connectivity index is 1.96. The molecule has 4 heteroatoms. The lowest BCUT2D eigenvalue weighted by atomic mass is 10.1. The van der Waals surface area contributed by atoms with Crippen LogP contribution in [0.1, 0.15) is 13.8 Å². The van der Waals surface area contributed by atoms with E-state index < -0.39 is 6.10 Å². The number of aliphatic hydroxyl groups is 1. The van der Waals surface area contributed by atoms with E-state index in [0.717, 1.165) is 20.9 Å². The largest absolute Gasteiger partial charge is 0.389 e.